The van der Waals surface area contributed by atoms with E-state index in [1.54, 1.807) is 12.2 Å². The highest BCUT2D eigenvalue weighted by atomic mass is 16.6. The molecule has 4 heteroatoms. The van der Waals surface area contributed by atoms with Crippen LogP contribution in [0.4, 0.5) is 0 Å². The Hall–Kier alpha value is -2.24. The van der Waals surface area contributed by atoms with Crippen LogP contribution < -0.4 is 0 Å². The quantitative estimate of drug-likeness (QED) is 0.688. The Morgan fingerprint density at radius 3 is 1.96 bits per heavy atom. The van der Waals surface area contributed by atoms with Crippen molar-refractivity contribution in [3.63, 3.8) is 0 Å². The lowest BCUT2D eigenvalue weighted by Crippen LogP contribution is -2.50. The predicted octanol–water partition coefficient (Wildman–Crippen LogP) is 3.66. The normalized spacial score (nSPS) is 24.6. The molecule has 0 radical (unpaired) electrons. The van der Waals surface area contributed by atoms with Crippen molar-refractivity contribution in [2.75, 3.05) is 6.61 Å². The van der Waals surface area contributed by atoms with E-state index >= 15 is 0 Å². The first kappa shape index (κ1) is 19.5. The molecule has 0 amide bonds. The summed E-state index contributed by atoms with van der Waals surface area (Å²) in [6.07, 6.45) is 3.24. The molecular formula is C23H26O4. The van der Waals surface area contributed by atoms with E-state index in [2.05, 4.69) is 6.58 Å². The van der Waals surface area contributed by atoms with Gasteiger partial charge in [0.2, 0.25) is 0 Å². The maximum absolute atomic E-state index is 10.4. The second-order valence-corrected chi connectivity index (χ2v) is 6.48. The van der Waals surface area contributed by atoms with Crippen molar-refractivity contribution in [1.29, 1.82) is 0 Å². The van der Waals surface area contributed by atoms with Crippen LogP contribution in [0.1, 0.15) is 11.1 Å². The SMILES string of the molecule is C=CCO[C@H]1[C@H](OCc2ccccc2)[C@@H](OCc2ccccc2)C=C[C@@H]1O. The zero-order valence-electron chi connectivity index (χ0n) is 15.3. The van der Waals surface area contributed by atoms with E-state index < -0.39 is 18.3 Å². The Bertz CT molecular complexity index is 714. The lowest BCUT2D eigenvalue weighted by atomic mass is 9.95. The minimum Gasteiger partial charge on any atom is -0.386 e. The van der Waals surface area contributed by atoms with Crippen molar-refractivity contribution in [2.45, 2.75) is 37.6 Å². The van der Waals surface area contributed by atoms with Crippen LogP contribution in [0.25, 0.3) is 0 Å². The summed E-state index contributed by atoms with van der Waals surface area (Å²) in [5.74, 6) is 0. The molecule has 0 heterocycles. The van der Waals surface area contributed by atoms with Crippen LogP contribution >= 0.6 is 0 Å². The molecule has 1 aliphatic rings. The van der Waals surface area contributed by atoms with E-state index in [1.165, 1.54) is 0 Å². The molecular weight excluding hydrogens is 340 g/mol. The highest BCUT2D eigenvalue weighted by Crippen LogP contribution is 2.24. The molecule has 0 unspecified atom stereocenters. The Morgan fingerprint density at radius 1 is 0.778 bits per heavy atom. The van der Waals surface area contributed by atoms with Crippen molar-refractivity contribution in [2.24, 2.45) is 0 Å². The zero-order valence-corrected chi connectivity index (χ0v) is 15.3. The highest BCUT2D eigenvalue weighted by molar-refractivity contribution is 5.16. The molecule has 0 saturated heterocycles. The monoisotopic (exact) mass is 366 g/mol. The maximum atomic E-state index is 10.4. The molecule has 4 nitrogen and oxygen atoms in total. The van der Waals surface area contributed by atoms with Gasteiger partial charge >= 0.3 is 0 Å². The van der Waals surface area contributed by atoms with Gasteiger partial charge in [-0.25, -0.2) is 0 Å². The molecule has 2 aromatic carbocycles. The molecule has 2 aromatic rings. The number of benzene rings is 2. The number of rotatable bonds is 9. The predicted molar refractivity (Wildman–Crippen MR) is 105 cm³/mol. The minimum atomic E-state index is -0.748. The zero-order chi connectivity index (χ0) is 18.9. The van der Waals surface area contributed by atoms with E-state index in [0.717, 1.165) is 11.1 Å². The molecule has 0 aliphatic heterocycles. The Labute approximate surface area is 160 Å². The molecule has 0 bridgehead atoms. The fourth-order valence-electron chi connectivity index (χ4n) is 3.07. The molecule has 0 spiro atoms. The fraction of sp³-hybridized carbons (Fsp3) is 0.304. The molecule has 0 fully saturated rings. The van der Waals surface area contributed by atoms with Crippen molar-refractivity contribution in [3.05, 3.63) is 96.6 Å². The van der Waals surface area contributed by atoms with Gasteiger partial charge in [0.05, 0.1) is 19.8 Å². The van der Waals surface area contributed by atoms with Gasteiger partial charge in [0.25, 0.3) is 0 Å². The summed E-state index contributed by atoms with van der Waals surface area (Å²) in [5.41, 5.74) is 2.15. The Morgan fingerprint density at radius 2 is 1.37 bits per heavy atom. The van der Waals surface area contributed by atoms with Crippen molar-refractivity contribution < 1.29 is 19.3 Å². The van der Waals surface area contributed by atoms with Gasteiger partial charge in [-0.05, 0) is 11.1 Å². The van der Waals surface area contributed by atoms with Crippen LogP contribution in [0.2, 0.25) is 0 Å². The summed E-state index contributed by atoms with van der Waals surface area (Å²) in [4.78, 5) is 0. The molecule has 142 valence electrons. The molecule has 0 saturated carbocycles. The highest BCUT2D eigenvalue weighted by Gasteiger charge is 2.38. The molecule has 4 atom stereocenters. The van der Waals surface area contributed by atoms with Crippen LogP contribution in [0.3, 0.4) is 0 Å². The van der Waals surface area contributed by atoms with E-state index in [1.807, 2.05) is 66.7 Å². The summed E-state index contributed by atoms with van der Waals surface area (Å²) >= 11 is 0. The smallest absolute Gasteiger partial charge is 0.117 e. The third-order valence-electron chi connectivity index (χ3n) is 4.46. The Kier molecular flexibility index (Phi) is 7.36. The number of aliphatic hydroxyl groups is 1. The van der Waals surface area contributed by atoms with Crippen LogP contribution in [0.5, 0.6) is 0 Å². The minimum absolute atomic E-state index is 0.313. The van der Waals surface area contributed by atoms with Crippen LogP contribution in [-0.4, -0.2) is 36.1 Å². The summed E-state index contributed by atoms with van der Waals surface area (Å²) in [6, 6.07) is 19.9. The van der Waals surface area contributed by atoms with Gasteiger partial charge in [0.1, 0.15) is 24.4 Å². The largest absolute Gasteiger partial charge is 0.386 e. The average molecular weight is 366 g/mol. The van der Waals surface area contributed by atoms with E-state index in [-0.39, 0.29) is 6.10 Å². The third-order valence-corrected chi connectivity index (χ3v) is 4.46. The van der Waals surface area contributed by atoms with Gasteiger partial charge in [-0.2, -0.15) is 0 Å². The number of aliphatic hydroxyl groups excluding tert-OH is 1. The average Bonchev–Trinajstić information content (AvgIpc) is 2.72. The van der Waals surface area contributed by atoms with E-state index in [4.69, 9.17) is 14.2 Å². The van der Waals surface area contributed by atoms with Crippen molar-refractivity contribution >= 4 is 0 Å². The molecule has 1 aliphatic carbocycles. The van der Waals surface area contributed by atoms with Crippen molar-refractivity contribution in [3.8, 4) is 0 Å². The third kappa shape index (κ3) is 5.62. The van der Waals surface area contributed by atoms with Gasteiger partial charge in [0.15, 0.2) is 0 Å². The fourth-order valence-corrected chi connectivity index (χ4v) is 3.07. The standard InChI is InChI=1S/C23H26O4/c1-2-15-25-22-20(24)13-14-21(26-16-18-9-5-3-6-10-18)23(22)27-17-19-11-7-4-8-12-19/h2-14,20-24H,1,15-17H2/t20-,21-,22+,23+/m0/s1. The van der Waals surface area contributed by atoms with E-state index in [0.29, 0.717) is 19.8 Å². The van der Waals surface area contributed by atoms with Gasteiger partial charge in [-0.15, -0.1) is 6.58 Å². The van der Waals surface area contributed by atoms with E-state index in [9.17, 15) is 5.11 Å². The number of hydrogen-bond acceptors (Lipinski definition) is 4. The molecule has 3 rings (SSSR count). The molecule has 0 aromatic heterocycles. The van der Waals surface area contributed by atoms with Crippen LogP contribution in [0, 0.1) is 0 Å². The van der Waals surface area contributed by atoms with Crippen LogP contribution in [0.15, 0.2) is 85.5 Å². The van der Waals surface area contributed by atoms with Crippen molar-refractivity contribution in [1.82, 2.24) is 0 Å². The number of hydrogen-bond donors (Lipinski definition) is 1. The molecule has 1 N–H and O–H groups in total. The lowest BCUT2D eigenvalue weighted by Gasteiger charge is -2.37. The Balaban J connectivity index is 1.71. The van der Waals surface area contributed by atoms with Gasteiger partial charge in [-0.3, -0.25) is 0 Å². The summed E-state index contributed by atoms with van der Waals surface area (Å²) in [7, 11) is 0. The number of ether oxygens (including phenoxy) is 3. The van der Waals surface area contributed by atoms with Gasteiger partial charge in [-0.1, -0.05) is 78.9 Å². The first-order chi connectivity index (χ1) is 13.3. The first-order valence-electron chi connectivity index (χ1n) is 9.18. The summed E-state index contributed by atoms with van der Waals surface area (Å²) in [5, 5.41) is 10.4. The summed E-state index contributed by atoms with van der Waals surface area (Å²) < 4.78 is 18.1. The second-order valence-electron chi connectivity index (χ2n) is 6.48. The van der Waals surface area contributed by atoms with Crippen LogP contribution in [-0.2, 0) is 27.4 Å². The summed E-state index contributed by atoms with van der Waals surface area (Å²) in [6.45, 7) is 4.91. The first-order valence-corrected chi connectivity index (χ1v) is 9.18. The van der Waals surface area contributed by atoms with Gasteiger partial charge in [0, 0.05) is 0 Å². The molecule has 27 heavy (non-hydrogen) atoms. The van der Waals surface area contributed by atoms with Gasteiger partial charge < -0.3 is 19.3 Å². The lowest BCUT2D eigenvalue weighted by molar-refractivity contribution is -0.159. The maximum Gasteiger partial charge on any atom is 0.117 e. The topological polar surface area (TPSA) is 47.9 Å². The second kappa shape index (κ2) is 10.2.